The largest absolute Gasteiger partial charge is 0.317 e. The molecule has 2 aromatic rings. The van der Waals surface area contributed by atoms with Crippen LogP contribution in [0.5, 0.6) is 0 Å². The molecule has 2 fully saturated rings. The van der Waals surface area contributed by atoms with Gasteiger partial charge in [-0.25, -0.2) is 4.39 Å². The highest BCUT2D eigenvalue weighted by molar-refractivity contribution is 5.85. The first-order chi connectivity index (χ1) is 11.7. The maximum absolute atomic E-state index is 14.6. The second kappa shape index (κ2) is 7.81. The van der Waals surface area contributed by atoms with Crippen molar-refractivity contribution in [2.45, 2.75) is 25.8 Å². The lowest BCUT2D eigenvalue weighted by atomic mass is 9.78. The number of hydrogen-bond donors (Lipinski definition) is 1. The first-order valence-corrected chi connectivity index (χ1v) is 8.86. The molecular formula is C20H25ClFN3. The maximum Gasteiger partial charge on any atom is 0.128 e. The normalized spacial score (nSPS) is 19.7. The molecule has 0 radical (unpaired) electrons. The molecule has 1 N–H and O–H groups in total. The second-order valence-electron chi connectivity index (χ2n) is 7.25. The Kier molecular flexibility index (Phi) is 5.72. The topological polar surface area (TPSA) is 28.2 Å². The summed E-state index contributed by atoms with van der Waals surface area (Å²) in [5.74, 6) is -0.101. The Morgan fingerprint density at radius 1 is 1.04 bits per heavy atom. The number of piperidine rings is 1. The van der Waals surface area contributed by atoms with Gasteiger partial charge in [-0.1, -0.05) is 12.1 Å². The fourth-order valence-corrected chi connectivity index (χ4v) is 4.17. The van der Waals surface area contributed by atoms with Gasteiger partial charge in [0.15, 0.2) is 0 Å². The monoisotopic (exact) mass is 361 g/mol. The first kappa shape index (κ1) is 18.3. The van der Waals surface area contributed by atoms with Crippen molar-refractivity contribution in [1.82, 2.24) is 15.2 Å². The lowest BCUT2D eigenvalue weighted by molar-refractivity contribution is 0.193. The minimum atomic E-state index is -0.101. The number of nitrogens with one attached hydrogen (secondary N) is 1. The molecule has 4 rings (SSSR count). The number of hydrogen-bond acceptors (Lipinski definition) is 3. The van der Waals surface area contributed by atoms with Crippen LogP contribution in [0.1, 0.15) is 24.8 Å². The molecule has 134 valence electrons. The molecule has 0 unspecified atom stereocenters. The van der Waals surface area contributed by atoms with E-state index in [-0.39, 0.29) is 18.2 Å². The molecule has 3 heterocycles. The van der Waals surface area contributed by atoms with Crippen LogP contribution < -0.4 is 5.32 Å². The van der Waals surface area contributed by atoms with E-state index in [4.69, 9.17) is 0 Å². The second-order valence-corrected chi connectivity index (χ2v) is 7.25. The van der Waals surface area contributed by atoms with Gasteiger partial charge in [0, 0.05) is 31.0 Å². The molecule has 2 aliphatic rings. The zero-order chi connectivity index (χ0) is 16.4. The molecule has 5 heteroatoms. The van der Waals surface area contributed by atoms with Crippen molar-refractivity contribution in [3.8, 4) is 11.1 Å². The molecule has 0 aliphatic carbocycles. The van der Waals surface area contributed by atoms with Crippen molar-refractivity contribution in [3.63, 3.8) is 0 Å². The van der Waals surface area contributed by atoms with E-state index in [1.54, 1.807) is 18.5 Å². The molecule has 0 amide bonds. The molecule has 2 aliphatic heterocycles. The van der Waals surface area contributed by atoms with E-state index in [0.29, 0.717) is 5.41 Å². The van der Waals surface area contributed by atoms with E-state index in [0.717, 1.165) is 49.4 Å². The summed E-state index contributed by atoms with van der Waals surface area (Å²) >= 11 is 0. The number of rotatable bonds is 3. The number of nitrogens with zero attached hydrogens (tertiary/aromatic N) is 2. The summed E-state index contributed by atoms with van der Waals surface area (Å²) in [6.07, 6.45) is 7.25. The number of likely N-dealkylation sites (tertiary alicyclic amines) is 1. The Hall–Kier alpha value is -1.49. The third kappa shape index (κ3) is 4.02. The van der Waals surface area contributed by atoms with Crippen LogP contribution >= 0.6 is 12.4 Å². The highest BCUT2D eigenvalue weighted by Gasteiger charge is 2.38. The molecule has 1 aromatic heterocycles. The zero-order valence-corrected chi connectivity index (χ0v) is 15.2. The Balaban J connectivity index is 0.00000182. The summed E-state index contributed by atoms with van der Waals surface area (Å²) in [7, 11) is 0. The summed E-state index contributed by atoms with van der Waals surface area (Å²) in [6, 6.07) is 9.44. The van der Waals surface area contributed by atoms with E-state index in [9.17, 15) is 4.39 Å². The van der Waals surface area contributed by atoms with E-state index in [2.05, 4.69) is 15.2 Å². The molecule has 1 spiro atoms. The lowest BCUT2D eigenvalue weighted by Crippen LogP contribution is -2.38. The van der Waals surface area contributed by atoms with Crippen LogP contribution in [0.4, 0.5) is 4.39 Å². The van der Waals surface area contributed by atoms with Crippen molar-refractivity contribution in [2.24, 2.45) is 5.41 Å². The predicted octanol–water partition coefficient (Wildman–Crippen LogP) is 3.89. The highest BCUT2D eigenvalue weighted by Crippen LogP contribution is 2.39. The standard InChI is InChI=1S/C20H24FN3.ClH/c21-19-13-17(16-3-8-22-9-4-16)1-2-18(19)14-24-12-7-20(15-24)5-10-23-11-6-20;/h1-4,8-9,13,23H,5-7,10-12,14-15H2;1H. The summed E-state index contributed by atoms with van der Waals surface area (Å²) in [4.78, 5) is 6.44. The van der Waals surface area contributed by atoms with Gasteiger partial charge in [-0.2, -0.15) is 0 Å². The average Bonchev–Trinajstić information content (AvgIpc) is 3.00. The zero-order valence-electron chi connectivity index (χ0n) is 14.4. The van der Waals surface area contributed by atoms with Gasteiger partial charge in [0.25, 0.3) is 0 Å². The van der Waals surface area contributed by atoms with Crippen LogP contribution in [0, 0.1) is 11.2 Å². The van der Waals surface area contributed by atoms with Gasteiger partial charge < -0.3 is 5.32 Å². The van der Waals surface area contributed by atoms with Crippen LogP contribution in [0.25, 0.3) is 11.1 Å². The van der Waals surface area contributed by atoms with Gasteiger partial charge in [-0.05, 0) is 73.6 Å². The third-order valence-electron chi connectivity index (χ3n) is 5.64. The van der Waals surface area contributed by atoms with E-state index < -0.39 is 0 Å². The number of pyridine rings is 1. The SMILES string of the molecule is Cl.Fc1cc(-c2ccncc2)ccc1CN1CCC2(CCNCC2)C1. The van der Waals surface area contributed by atoms with E-state index >= 15 is 0 Å². The predicted molar refractivity (Wildman–Crippen MR) is 101 cm³/mol. The molecule has 0 bridgehead atoms. The van der Waals surface area contributed by atoms with Crippen molar-refractivity contribution in [3.05, 3.63) is 54.1 Å². The number of halogens is 2. The van der Waals surface area contributed by atoms with Gasteiger partial charge in [0.2, 0.25) is 0 Å². The average molecular weight is 362 g/mol. The van der Waals surface area contributed by atoms with Gasteiger partial charge >= 0.3 is 0 Å². The molecule has 0 atom stereocenters. The summed E-state index contributed by atoms with van der Waals surface area (Å²) < 4.78 is 14.6. The molecule has 0 saturated carbocycles. The van der Waals surface area contributed by atoms with Gasteiger partial charge in [0.05, 0.1) is 0 Å². The van der Waals surface area contributed by atoms with Crippen LogP contribution in [0.2, 0.25) is 0 Å². The van der Waals surface area contributed by atoms with Crippen molar-refractivity contribution >= 4 is 12.4 Å². The van der Waals surface area contributed by atoms with Gasteiger partial charge in [-0.15, -0.1) is 12.4 Å². The van der Waals surface area contributed by atoms with Crippen molar-refractivity contribution in [1.29, 1.82) is 0 Å². The molecule has 25 heavy (non-hydrogen) atoms. The molecular weight excluding hydrogens is 337 g/mol. The third-order valence-corrected chi connectivity index (χ3v) is 5.64. The lowest BCUT2D eigenvalue weighted by Gasteiger charge is -2.34. The van der Waals surface area contributed by atoms with Crippen molar-refractivity contribution in [2.75, 3.05) is 26.2 Å². The van der Waals surface area contributed by atoms with E-state index in [1.807, 2.05) is 24.3 Å². The summed E-state index contributed by atoms with van der Waals surface area (Å²) in [5, 5.41) is 3.45. The quantitative estimate of drug-likeness (QED) is 0.899. The molecule has 1 aromatic carbocycles. The fourth-order valence-electron chi connectivity index (χ4n) is 4.17. The Labute approximate surface area is 155 Å². The van der Waals surface area contributed by atoms with Crippen LogP contribution in [-0.2, 0) is 6.54 Å². The molecule has 3 nitrogen and oxygen atoms in total. The summed E-state index contributed by atoms with van der Waals surface area (Å²) in [6.45, 7) is 5.18. The first-order valence-electron chi connectivity index (χ1n) is 8.86. The summed E-state index contributed by atoms with van der Waals surface area (Å²) in [5.41, 5.74) is 3.19. The minimum absolute atomic E-state index is 0. The Morgan fingerprint density at radius 2 is 1.80 bits per heavy atom. The smallest absolute Gasteiger partial charge is 0.128 e. The van der Waals surface area contributed by atoms with Gasteiger partial charge in [-0.3, -0.25) is 9.88 Å². The molecule has 2 saturated heterocycles. The van der Waals surface area contributed by atoms with Crippen LogP contribution in [-0.4, -0.2) is 36.1 Å². The van der Waals surface area contributed by atoms with E-state index in [1.165, 1.54) is 19.3 Å². The van der Waals surface area contributed by atoms with Crippen LogP contribution in [0.15, 0.2) is 42.7 Å². The Morgan fingerprint density at radius 3 is 2.52 bits per heavy atom. The number of benzene rings is 1. The van der Waals surface area contributed by atoms with Crippen LogP contribution in [0.3, 0.4) is 0 Å². The Bertz CT molecular complexity index is 701. The van der Waals surface area contributed by atoms with Gasteiger partial charge in [0.1, 0.15) is 5.82 Å². The number of aromatic nitrogens is 1. The highest BCUT2D eigenvalue weighted by atomic mass is 35.5. The van der Waals surface area contributed by atoms with Crippen molar-refractivity contribution < 1.29 is 4.39 Å². The fraction of sp³-hybridized carbons (Fsp3) is 0.450. The maximum atomic E-state index is 14.6. The minimum Gasteiger partial charge on any atom is -0.317 e.